The van der Waals surface area contributed by atoms with Crippen LogP contribution in [0.3, 0.4) is 0 Å². The molecule has 1 saturated heterocycles. The maximum atomic E-state index is 12.8. The van der Waals surface area contributed by atoms with Gasteiger partial charge < -0.3 is 14.5 Å². The van der Waals surface area contributed by atoms with Crippen LogP contribution >= 0.6 is 0 Å². The van der Waals surface area contributed by atoms with Gasteiger partial charge >= 0.3 is 0 Å². The predicted octanol–water partition coefficient (Wildman–Crippen LogP) is 1.65. The number of anilines is 1. The van der Waals surface area contributed by atoms with Crippen molar-refractivity contribution >= 4 is 21.7 Å². The smallest absolute Gasteiger partial charge is 0.247 e. The molecule has 3 rings (SSSR count). The first-order valence-electron chi connectivity index (χ1n) is 8.91. The number of methoxy groups -OCH3 is 1. The van der Waals surface area contributed by atoms with Crippen LogP contribution in [-0.2, 0) is 19.4 Å². The number of aromatic nitrogens is 3. The zero-order chi connectivity index (χ0) is 20.4. The Hall–Kier alpha value is -2.46. The highest BCUT2D eigenvalue weighted by Crippen LogP contribution is 2.25. The number of H-pyrrole nitrogens is 1. The molecule has 1 atom stereocenters. The second-order valence-electron chi connectivity index (χ2n) is 7.23. The Labute approximate surface area is 163 Å². The molecule has 2 aromatic rings. The number of hydrogen-bond donors (Lipinski definition) is 2. The minimum Gasteiger partial charge on any atom is -0.497 e. The summed E-state index contributed by atoms with van der Waals surface area (Å²) in [6.45, 7) is 3.76. The predicted molar refractivity (Wildman–Crippen MR) is 104 cm³/mol. The Bertz CT molecular complexity index is 931. The van der Waals surface area contributed by atoms with E-state index >= 15 is 0 Å². The Balaban J connectivity index is 1.70. The van der Waals surface area contributed by atoms with E-state index in [1.807, 2.05) is 0 Å². The molecular weight excluding hydrogens is 384 g/mol. The summed E-state index contributed by atoms with van der Waals surface area (Å²) in [5, 5.41) is 10.4. The highest BCUT2D eigenvalue weighted by molar-refractivity contribution is 7.93. The first kappa shape index (κ1) is 20.3. The monoisotopic (exact) mass is 408 g/mol. The van der Waals surface area contributed by atoms with Gasteiger partial charge in [0.15, 0.2) is 15.7 Å². The number of hydrogen-bond acceptors (Lipinski definition) is 7. The highest BCUT2D eigenvalue weighted by Gasteiger charge is 2.43. The molecule has 28 heavy (non-hydrogen) atoms. The molecule has 1 aromatic heterocycles. The first-order chi connectivity index (χ1) is 13.2. The van der Waals surface area contributed by atoms with Crippen molar-refractivity contribution in [2.24, 2.45) is 5.92 Å². The van der Waals surface area contributed by atoms with Crippen LogP contribution in [0.2, 0.25) is 0 Å². The normalized spacial score (nSPS) is 17.5. The van der Waals surface area contributed by atoms with Gasteiger partial charge in [-0.25, -0.2) is 8.42 Å². The third-order valence-corrected chi connectivity index (χ3v) is 7.54. The molecule has 0 bridgehead atoms. The molecule has 1 aromatic carbocycles. The van der Waals surface area contributed by atoms with E-state index in [0.717, 1.165) is 5.56 Å². The summed E-state index contributed by atoms with van der Waals surface area (Å²) in [4.78, 5) is 15.5. The van der Waals surface area contributed by atoms with Gasteiger partial charge in [-0.05, 0) is 50.5 Å². The van der Waals surface area contributed by atoms with E-state index in [1.54, 1.807) is 31.4 Å². The van der Waals surface area contributed by atoms with E-state index in [-0.39, 0.29) is 17.6 Å². The SMILES string of the molecule is COc1ccc(-c2nnc(NC(=O)C(C)(C)S(=O)(=O)CC3CCOC3)[nH]2)cc1. The van der Waals surface area contributed by atoms with Crippen LogP contribution in [0.25, 0.3) is 11.4 Å². The van der Waals surface area contributed by atoms with E-state index < -0.39 is 20.5 Å². The largest absolute Gasteiger partial charge is 0.497 e. The minimum atomic E-state index is -3.68. The van der Waals surface area contributed by atoms with Crippen LogP contribution < -0.4 is 10.1 Å². The summed E-state index contributed by atoms with van der Waals surface area (Å²) >= 11 is 0. The van der Waals surface area contributed by atoms with Gasteiger partial charge in [0.05, 0.1) is 19.5 Å². The molecule has 0 spiro atoms. The molecular formula is C18H24N4O5S. The van der Waals surface area contributed by atoms with E-state index in [1.165, 1.54) is 13.8 Å². The average Bonchev–Trinajstić information content (AvgIpc) is 3.33. The fraction of sp³-hybridized carbons (Fsp3) is 0.500. The Morgan fingerprint density at radius 2 is 2.04 bits per heavy atom. The van der Waals surface area contributed by atoms with Gasteiger partial charge in [-0.1, -0.05) is 0 Å². The number of nitrogens with one attached hydrogen (secondary N) is 2. The summed E-state index contributed by atoms with van der Waals surface area (Å²) in [6.07, 6.45) is 0.685. The average molecular weight is 408 g/mol. The molecule has 1 amide bonds. The van der Waals surface area contributed by atoms with Gasteiger partial charge in [0, 0.05) is 12.2 Å². The van der Waals surface area contributed by atoms with Gasteiger partial charge in [0.2, 0.25) is 11.9 Å². The molecule has 1 aliphatic heterocycles. The number of sulfone groups is 1. The number of benzene rings is 1. The van der Waals surface area contributed by atoms with Crippen molar-refractivity contribution in [1.29, 1.82) is 0 Å². The number of carbonyl (C=O) groups excluding carboxylic acids is 1. The zero-order valence-corrected chi connectivity index (χ0v) is 16.9. The molecule has 1 unspecified atom stereocenters. The van der Waals surface area contributed by atoms with Crippen molar-refractivity contribution in [2.45, 2.75) is 25.0 Å². The van der Waals surface area contributed by atoms with Crippen LogP contribution in [0.4, 0.5) is 5.95 Å². The standard InChI is InChI=1S/C18H24N4O5S/c1-18(2,28(24,25)11-12-8-9-27-10-12)16(23)20-17-19-15(21-22-17)13-4-6-14(26-3)7-5-13/h4-7,12H,8-11H2,1-3H3,(H2,19,20,21,22,23). The maximum absolute atomic E-state index is 12.8. The molecule has 0 radical (unpaired) electrons. The molecule has 2 N–H and O–H groups in total. The topological polar surface area (TPSA) is 123 Å². The van der Waals surface area contributed by atoms with Gasteiger partial charge in [-0.2, -0.15) is 0 Å². The summed E-state index contributed by atoms with van der Waals surface area (Å²) < 4.78 is 34.2. The number of aromatic amines is 1. The van der Waals surface area contributed by atoms with Gasteiger partial charge in [-0.3, -0.25) is 10.1 Å². The van der Waals surface area contributed by atoms with Crippen molar-refractivity contribution < 1.29 is 22.7 Å². The molecule has 0 saturated carbocycles. The molecule has 0 aliphatic carbocycles. The van der Waals surface area contributed by atoms with E-state index in [4.69, 9.17) is 9.47 Å². The van der Waals surface area contributed by atoms with Crippen molar-refractivity contribution in [3.63, 3.8) is 0 Å². The summed E-state index contributed by atoms with van der Waals surface area (Å²) in [6, 6.07) is 7.14. The van der Waals surface area contributed by atoms with Crippen LogP contribution in [0.5, 0.6) is 5.75 Å². The molecule has 1 fully saturated rings. The molecule has 1 aliphatic rings. The van der Waals surface area contributed by atoms with E-state index in [0.29, 0.717) is 31.2 Å². The van der Waals surface area contributed by atoms with Crippen molar-refractivity contribution in [3.8, 4) is 17.1 Å². The minimum absolute atomic E-state index is 0.0796. The first-order valence-corrected chi connectivity index (χ1v) is 10.6. The van der Waals surface area contributed by atoms with E-state index in [2.05, 4.69) is 20.5 Å². The van der Waals surface area contributed by atoms with Gasteiger partial charge in [0.25, 0.3) is 0 Å². The molecule has 9 nitrogen and oxygen atoms in total. The Kier molecular flexibility index (Phi) is 5.71. The van der Waals surface area contributed by atoms with Crippen LogP contribution in [0.1, 0.15) is 20.3 Å². The third-order valence-electron chi connectivity index (χ3n) is 4.89. The van der Waals surface area contributed by atoms with Gasteiger partial charge in [0.1, 0.15) is 10.5 Å². The summed E-state index contributed by atoms with van der Waals surface area (Å²) in [7, 11) is -2.11. The van der Waals surface area contributed by atoms with Crippen molar-refractivity contribution in [2.75, 3.05) is 31.4 Å². The lowest BCUT2D eigenvalue weighted by molar-refractivity contribution is -0.117. The number of ether oxygens (including phenoxy) is 2. The highest BCUT2D eigenvalue weighted by atomic mass is 32.2. The lowest BCUT2D eigenvalue weighted by atomic mass is 10.2. The lowest BCUT2D eigenvalue weighted by Crippen LogP contribution is -2.46. The van der Waals surface area contributed by atoms with Crippen LogP contribution in [0, 0.1) is 5.92 Å². The fourth-order valence-corrected chi connectivity index (χ4v) is 4.46. The summed E-state index contributed by atoms with van der Waals surface area (Å²) in [5.74, 6) is 0.412. The zero-order valence-electron chi connectivity index (χ0n) is 16.1. The number of amides is 1. The van der Waals surface area contributed by atoms with E-state index in [9.17, 15) is 13.2 Å². The number of nitrogens with zero attached hydrogens (tertiary/aromatic N) is 2. The second kappa shape index (κ2) is 7.88. The third kappa shape index (κ3) is 4.17. The lowest BCUT2D eigenvalue weighted by Gasteiger charge is -2.24. The fourth-order valence-electron chi connectivity index (χ4n) is 2.83. The van der Waals surface area contributed by atoms with Crippen molar-refractivity contribution in [1.82, 2.24) is 15.2 Å². The maximum Gasteiger partial charge on any atom is 0.247 e. The van der Waals surface area contributed by atoms with Crippen molar-refractivity contribution in [3.05, 3.63) is 24.3 Å². The van der Waals surface area contributed by atoms with Crippen LogP contribution in [0.15, 0.2) is 24.3 Å². The molecule has 152 valence electrons. The Morgan fingerprint density at radius 1 is 1.32 bits per heavy atom. The molecule has 2 heterocycles. The summed E-state index contributed by atoms with van der Waals surface area (Å²) in [5.41, 5.74) is 0.752. The second-order valence-corrected chi connectivity index (χ2v) is 9.81. The molecule has 10 heteroatoms. The number of carbonyl (C=O) groups is 1. The Morgan fingerprint density at radius 3 is 2.64 bits per heavy atom. The van der Waals surface area contributed by atoms with Crippen LogP contribution in [-0.4, -0.2) is 60.3 Å². The quantitative estimate of drug-likeness (QED) is 0.714. The van der Waals surface area contributed by atoms with Gasteiger partial charge in [-0.15, -0.1) is 10.2 Å². The number of rotatable bonds is 7.